The van der Waals surface area contributed by atoms with Crippen LogP contribution in [0.25, 0.3) is 11.1 Å². The number of nitrogens with zero attached hydrogens (tertiary/aromatic N) is 2. The lowest BCUT2D eigenvalue weighted by Crippen LogP contribution is -2.31. The molecule has 32 heavy (non-hydrogen) atoms. The van der Waals surface area contributed by atoms with Crippen LogP contribution in [0.3, 0.4) is 0 Å². The van der Waals surface area contributed by atoms with Crippen molar-refractivity contribution in [3.05, 3.63) is 78.4 Å². The number of carbonyl (C=O) groups is 1. The second-order valence-corrected chi connectivity index (χ2v) is 8.39. The van der Waals surface area contributed by atoms with E-state index in [1.165, 1.54) is 12.1 Å². The number of benzene rings is 3. The molecule has 3 aromatic rings. The van der Waals surface area contributed by atoms with Crippen LogP contribution >= 0.6 is 0 Å². The van der Waals surface area contributed by atoms with Gasteiger partial charge in [-0.05, 0) is 87.1 Å². The highest BCUT2D eigenvalue weighted by Gasteiger charge is 2.23. The molecule has 0 saturated carbocycles. The Kier molecular flexibility index (Phi) is 6.76. The molecule has 3 aromatic carbocycles. The topological polar surface area (TPSA) is 44.8 Å². The Labute approximate surface area is 190 Å². The monoisotopic (exact) mass is 429 g/mol. The average molecular weight is 430 g/mol. The lowest BCUT2D eigenvalue weighted by Gasteiger charge is -2.22. The van der Waals surface area contributed by atoms with Gasteiger partial charge in [-0.3, -0.25) is 4.79 Å². The van der Waals surface area contributed by atoms with E-state index in [9.17, 15) is 4.79 Å². The molecule has 0 radical (unpaired) electrons. The molecule has 1 fully saturated rings. The number of hydrogen-bond acceptors (Lipinski definition) is 4. The highest BCUT2D eigenvalue weighted by molar-refractivity contribution is 6.04. The van der Waals surface area contributed by atoms with Gasteiger partial charge in [0.1, 0.15) is 5.75 Å². The Morgan fingerprint density at radius 2 is 1.59 bits per heavy atom. The van der Waals surface area contributed by atoms with Crippen LogP contribution in [-0.4, -0.2) is 50.6 Å². The van der Waals surface area contributed by atoms with Gasteiger partial charge in [-0.2, -0.15) is 0 Å². The average Bonchev–Trinajstić information content (AvgIpc) is 3.31. The normalized spacial score (nSPS) is 15.8. The van der Waals surface area contributed by atoms with Crippen LogP contribution in [0.4, 0.5) is 11.4 Å². The summed E-state index contributed by atoms with van der Waals surface area (Å²) in [5.74, 6) is 0.755. The van der Waals surface area contributed by atoms with E-state index in [2.05, 4.69) is 41.3 Å². The smallest absolute Gasteiger partial charge is 0.255 e. The minimum atomic E-state index is -0.107. The maximum atomic E-state index is 12.7. The fourth-order valence-corrected chi connectivity index (χ4v) is 4.08. The molecule has 0 aromatic heterocycles. The molecular formula is C27H31N3O2. The molecule has 4 rings (SSSR count). The van der Waals surface area contributed by atoms with Gasteiger partial charge < -0.3 is 19.9 Å². The maximum Gasteiger partial charge on any atom is 0.255 e. The minimum absolute atomic E-state index is 0.107. The number of anilines is 2. The van der Waals surface area contributed by atoms with Crippen LogP contribution in [0.2, 0.25) is 0 Å². The highest BCUT2D eigenvalue weighted by Crippen LogP contribution is 2.25. The van der Waals surface area contributed by atoms with Crippen LogP contribution in [0.1, 0.15) is 23.7 Å². The highest BCUT2D eigenvalue weighted by atomic mass is 16.5. The van der Waals surface area contributed by atoms with E-state index >= 15 is 0 Å². The summed E-state index contributed by atoms with van der Waals surface area (Å²) >= 11 is 0. The molecule has 1 N–H and O–H groups in total. The van der Waals surface area contributed by atoms with Gasteiger partial charge >= 0.3 is 0 Å². The van der Waals surface area contributed by atoms with E-state index in [0.29, 0.717) is 18.2 Å². The van der Waals surface area contributed by atoms with E-state index in [-0.39, 0.29) is 5.91 Å². The summed E-state index contributed by atoms with van der Waals surface area (Å²) in [6.07, 6.45) is 1.18. The quantitative estimate of drug-likeness (QED) is 0.565. The van der Waals surface area contributed by atoms with Gasteiger partial charge in [-0.1, -0.05) is 24.3 Å². The lowest BCUT2D eigenvalue weighted by molar-refractivity contribution is 0.102. The number of amides is 1. The van der Waals surface area contributed by atoms with Gasteiger partial charge in [0.25, 0.3) is 5.91 Å². The van der Waals surface area contributed by atoms with Crippen LogP contribution < -0.4 is 15.0 Å². The summed E-state index contributed by atoms with van der Waals surface area (Å²) in [4.78, 5) is 17.4. The van der Waals surface area contributed by atoms with Crippen molar-refractivity contribution in [3.8, 4) is 16.9 Å². The van der Waals surface area contributed by atoms with E-state index in [1.54, 1.807) is 0 Å². The second kappa shape index (κ2) is 9.88. The van der Waals surface area contributed by atoms with Gasteiger partial charge in [-0.15, -0.1) is 0 Å². The fourth-order valence-electron chi connectivity index (χ4n) is 4.08. The Morgan fingerprint density at radius 1 is 0.969 bits per heavy atom. The molecule has 1 amide bonds. The maximum absolute atomic E-state index is 12.7. The molecule has 1 aliphatic heterocycles. The van der Waals surface area contributed by atoms with E-state index < -0.39 is 0 Å². The molecule has 0 spiro atoms. The van der Waals surface area contributed by atoms with Crippen molar-refractivity contribution < 1.29 is 9.53 Å². The van der Waals surface area contributed by atoms with E-state index in [0.717, 1.165) is 35.7 Å². The number of hydrogen-bond donors (Lipinski definition) is 1. The summed E-state index contributed by atoms with van der Waals surface area (Å²) in [5.41, 5.74) is 4.80. The number of likely N-dealkylation sites (N-methyl/N-ethyl adjacent to an activating group) is 1. The molecule has 5 nitrogen and oxygen atoms in total. The zero-order chi connectivity index (χ0) is 22.5. The summed E-state index contributed by atoms with van der Waals surface area (Å²) in [6, 6.07) is 24.4. The summed E-state index contributed by atoms with van der Waals surface area (Å²) in [6.45, 7) is 4.73. The van der Waals surface area contributed by atoms with E-state index in [1.807, 2.05) is 67.6 Å². The van der Waals surface area contributed by atoms with Gasteiger partial charge in [0.05, 0.1) is 6.61 Å². The zero-order valence-electron chi connectivity index (χ0n) is 19.0. The standard InChI is InChI=1S/C27H31N3O2/c1-4-32-26-15-9-21(10-16-26)20-5-7-22(8-6-20)27(31)28-23-11-13-24(14-12-23)30-18-17-25(19-30)29(2)3/h5-16,25H,4,17-19H2,1-3H3,(H,28,31). The minimum Gasteiger partial charge on any atom is -0.494 e. The predicted octanol–water partition coefficient (Wildman–Crippen LogP) is 5.14. The summed E-state index contributed by atoms with van der Waals surface area (Å²) < 4.78 is 5.50. The van der Waals surface area contributed by atoms with Crippen LogP contribution in [0.5, 0.6) is 5.75 Å². The van der Waals surface area contributed by atoms with Crippen molar-refractivity contribution in [3.63, 3.8) is 0 Å². The van der Waals surface area contributed by atoms with Gasteiger partial charge in [0, 0.05) is 36.1 Å². The largest absolute Gasteiger partial charge is 0.494 e. The second-order valence-electron chi connectivity index (χ2n) is 8.39. The third-order valence-corrected chi connectivity index (χ3v) is 6.03. The Morgan fingerprint density at radius 3 is 2.16 bits per heavy atom. The number of carbonyl (C=O) groups excluding carboxylic acids is 1. The SMILES string of the molecule is CCOc1ccc(-c2ccc(C(=O)Nc3ccc(N4CCC(N(C)C)C4)cc3)cc2)cc1. The third kappa shape index (κ3) is 5.11. The molecule has 1 unspecified atom stereocenters. The zero-order valence-corrected chi connectivity index (χ0v) is 19.0. The Hall–Kier alpha value is -3.31. The predicted molar refractivity (Wildman–Crippen MR) is 132 cm³/mol. The van der Waals surface area contributed by atoms with Crippen molar-refractivity contribution in [2.45, 2.75) is 19.4 Å². The van der Waals surface area contributed by atoms with Crippen LogP contribution in [-0.2, 0) is 0 Å². The lowest BCUT2D eigenvalue weighted by atomic mass is 10.0. The van der Waals surface area contributed by atoms with Crippen molar-refractivity contribution in [1.82, 2.24) is 4.90 Å². The molecular weight excluding hydrogens is 398 g/mol. The first kappa shape index (κ1) is 21.9. The Balaban J connectivity index is 1.36. The molecule has 5 heteroatoms. The van der Waals surface area contributed by atoms with Crippen molar-refractivity contribution in [2.24, 2.45) is 0 Å². The molecule has 1 aliphatic rings. The molecule has 1 heterocycles. The summed E-state index contributed by atoms with van der Waals surface area (Å²) in [7, 11) is 4.27. The molecule has 0 aliphatic carbocycles. The molecule has 166 valence electrons. The molecule has 1 saturated heterocycles. The third-order valence-electron chi connectivity index (χ3n) is 6.03. The van der Waals surface area contributed by atoms with Crippen LogP contribution in [0, 0.1) is 0 Å². The first-order valence-corrected chi connectivity index (χ1v) is 11.2. The molecule has 0 bridgehead atoms. The van der Waals surface area contributed by atoms with E-state index in [4.69, 9.17) is 4.74 Å². The van der Waals surface area contributed by atoms with Crippen molar-refractivity contribution in [1.29, 1.82) is 0 Å². The van der Waals surface area contributed by atoms with Crippen LogP contribution in [0.15, 0.2) is 72.8 Å². The number of rotatable bonds is 7. The van der Waals surface area contributed by atoms with Gasteiger partial charge in [0.2, 0.25) is 0 Å². The first-order chi connectivity index (χ1) is 15.5. The molecule has 1 atom stereocenters. The first-order valence-electron chi connectivity index (χ1n) is 11.2. The van der Waals surface area contributed by atoms with Gasteiger partial charge in [0.15, 0.2) is 0 Å². The van der Waals surface area contributed by atoms with Gasteiger partial charge in [-0.25, -0.2) is 0 Å². The number of ether oxygens (including phenoxy) is 1. The fraction of sp³-hybridized carbons (Fsp3) is 0.296. The Bertz CT molecular complexity index is 1030. The van der Waals surface area contributed by atoms with Crippen molar-refractivity contribution in [2.75, 3.05) is 44.0 Å². The number of nitrogens with one attached hydrogen (secondary N) is 1. The summed E-state index contributed by atoms with van der Waals surface area (Å²) in [5, 5.41) is 3.00. The van der Waals surface area contributed by atoms with Crippen molar-refractivity contribution >= 4 is 17.3 Å².